The van der Waals surface area contributed by atoms with Gasteiger partial charge in [0, 0.05) is 19.1 Å². The number of nitrogens with one attached hydrogen (secondary N) is 2. The lowest BCUT2D eigenvalue weighted by Crippen LogP contribution is -2.38. The monoisotopic (exact) mass is 430 g/mol. The highest BCUT2D eigenvalue weighted by Crippen LogP contribution is 2.29. The Bertz CT molecular complexity index is 1100. The third-order valence-electron chi connectivity index (χ3n) is 4.90. The molecule has 0 saturated carbocycles. The van der Waals surface area contributed by atoms with E-state index in [2.05, 4.69) is 25.7 Å². The number of hydrogen-bond donors (Lipinski definition) is 4. The molecule has 0 spiro atoms. The van der Waals surface area contributed by atoms with Crippen LogP contribution in [0, 0.1) is 5.82 Å². The van der Waals surface area contributed by atoms with Crippen LogP contribution in [0.15, 0.2) is 18.3 Å². The summed E-state index contributed by atoms with van der Waals surface area (Å²) in [6.45, 7) is 3.85. The van der Waals surface area contributed by atoms with E-state index >= 15 is 0 Å². The maximum absolute atomic E-state index is 14.7. The normalized spacial score (nSPS) is 13.1. The van der Waals surface area contributed by atoms with Crippen LogP contribution in [0.25, 0.3) is 11.0 Å². The minimum Gasteiger partial charge on any atom is -0.479 e. The number of carbonyl (C=O) groups excluding carboxylic acids is 1. The molecule has 31 heavy (non-hydrogen) atoms. The van der Waals surface area contributed by atoms with Crippen molar-refractivity contribution in [1.29, 1.82) is 0 Å². The summed E-state index contributed by atoms with van der Waals surface area (Å²) < 4.78 is 21.5. The number of anilines is 3. The van der Waals surface area contributed by atoms with Crippen molar-refractivity contribution in [2.75, 3.05) is 17.7 Å². The first-order chi connectivity index (χ1) is 14.7. The van der Waals surface area contributed by atoms with Gasteiger partial charge in [-0.25, -0.2) is 19.0 Å². The highest BCUT2D eigenvalue weighted by Gasteiger charge is 2.20. The maximum atomic E-state index is 14.7. The fraction of sp³-hybridized carbons (Fsp3) is 0.400. The molecule has 3 rings (SSSR count). The van der Waals surface area contributed by atoms with Crippen LogP contribution in [-0.4, -0.2) is 44.8 Å². The fourth-order valence-electron chi connectivity index (χ4n) is 3.29. The van der Waals surface area contributed by atoms with Gasteiger partial charge in [0.1, 0.15) is 5.82 Å². The molecular weight excluding hydrogens is 403 g/mol. The zero-order chi connectivity index (χ0) is 22.7. The molecule has 0 aliphatic rings. The molecule has 0 unspecified atom stereocenters. The van der Waals surface area contributed by atoms with E-state index in [-0.39, 0.29) is 29.3 Å². The average molecular weight is 430 g/mol. The molecule has 11 heteroatoms. The molecule has 0 fully saturated rings. The molecule has 2 atom stereocenters. The Balaban J connectivity index is 2.01. The van der Waals surface area contributed by atoms with Crippen LogP contribution in [0.5, 0.6) is 5.88 Å². The van der Waals surface area contributed by atoms with E-state index in [0.29, 0.717) is 22.6 Å². The van der Waals surface area contributed by atoms with Crippen LogP contribution in [0.3, 0.4) is 0 Å². The number of nitrogens with zero attached hydrogens (tertiary/aromatic N) is 4. The molecule has 0 bridgehead atoms. The minimum atomic E-state index is -0.814. The SMILES string of the molecule is CCC[C@@H](Nc1nc(Nc2cnc3c(c2)c(OC)nn3C)c(C(N)=O)cc1F)[C@H](C)N. The molecule has 0 radical (unpaired) electrons. The third kappa shape index (κ3) is 4.66. The Hall–Kier alpha value is -3.47. The molecule has 3 heterocycles. The van der Waals surface area contributed by atoms with Crippen molar-refractivity contribution in [2.45, 2.75) is 38.8 Å². The first-order valence-corrected chi connectivity index (χ1v) is 9.91. The van der Waals surface area contributed by atoms with Gasteiger partial charge in [-0.15, -0.1) is 5.10 Å². The van der Waals surface area contributed by atoms with Crippen molar-refractivity contribution in [3.8, 4) is 5.88 Å². The summed E-state index contributed by atoms with van der Waals surface area (Å²) in [5.41, 5.74) is 12.5. The number of nitrogens with two attached hydrogens (primary N) is 2. The summed E-state index contributed by atoms with van der Waals surface area (Å²) in [5, 5.41) is 10.9. The predicted molar refractivity (Wildman–Crippen MR) is 117 cm³/mol. The number of aryl methyl sites for hydroxylation is 1. The fourth-order valence-corrected chi connectivity index (χ4v) is 3.29. The van der Waals surface area contributed by atoms with Crippen molar-refractivity contribution in [2.24, 2.45) is 18.5 Å². The Morgan fingerprint density at radius 3 is 2.71 bits per heavy atom. The van der Waals surface area contributed by atoms with Crippen LogP contribution in [0.1, 0.15) is 37.0 Å². The molecule has 6 N–H and O–H groups in total. The molecule has 1 amide bonds. The van der Waals surface area contributed by atoms with E-state index < -0.39 is 11.7 Å². The Labute approximate surface area is 179 Å². The molecule has 0 aliphatic carbocycles. The van der Waals surface area contributed by atoms with E-state index in [9.17, 15) is 9.18 Å². The molecule has 3 aromatic heterocycles. The molecule has 0 aromatic carbocycles. The second-order valence-corrected chi connectivity index (χ2v) is 7.33. The first kappa shape index (κ1) is 22.2. The van der Waals surface area contributed by atoms with Crippen LogP contribution in [-0.2, 0) is 7.05 Å². The number of fused-ring (bicyclic) bond motifs is 1. The largest absolute Gasteiger partial charge is 0.479 e. The van der Waals surface area contributed by atoms with Gasteiger partial charge >= 0.3 is 0 Å². The maximum Gasteiger partial charge on any atom is 0.252 e. The average Bonchev–Trinajstić information content (AvgIpc) is 3.04. The lowest BCUT2D eigenvalue weighted by atomic mass is 10.1. The Morgan fingerprint density at radius 1 is 1.35 bits per heavy atom. The van der Waals surface area contributed by atoms with Gasteiger partial charge in [0.05, 0.1) is 29.9 Å². The quantitative estimate of drug-likeness (QED) is 0.404. The molecule has 10 nitrogen and oxygen atoms in total. The second-order valence-electron chi connectivity index (χ2n) is 7.33. The number of rotatable bonds is 9. The summed E-state index contributed by atoms with van der Waals surface area (Å²) in [5.74, 6) is -1.02. The number of hydrogen-bond acceptors (Lipinski definition) is 8. The van der Waals surface area contributed by atoms with Crippen LogP contribution >= 0.6 is 0 Å². The van der Waals surface area contributed by atoms with Crippen LogP contribution < -0.4 is 26.8 Å². The second kappa shape index (κ2) is 9.13. The molecule has 0 saturated heterocycles. The number of aromatic nitrogens is 4. The topological polar surface area (TPSA) is 146 Å². The van der Waals surface area contributed by atoms with Gasteiger partial charge in [0.2, 0.25) is 5.88 Å². The molecule has 166 valence electrons. The Kier molecular flexibility index (Phi) is 6.54. The summed E-state index contributed by atoms with van der Waals surface area (Å²) in [6.07, 6.45) is 3.15. The van der Waals surface area contributed by atoms with Crippen molar-refractivity contribution in [3.63, 3.8) is 0 Å². The van der Waals surface area contributed by atoms with E-state index in [0.717, 1.165) is 18.9 Å². The van der Waals surface area contributed by atoms with E-state index in [4.69, 9.17) is 16.2 Å². The lowest BCUT2D eigenvalue weighted by molar-refractivity contribution is 0.100. The van der Waals surface area contributed by atoms with Crippen LogP contribution in [0.2, 0.25) is 0 Å². The first-order valence-electron chi connectivity index (χ1n) is 9.91. The van der Waals surface area contributed by atoms with Crippen molar-refractivity contribution >= 4 is 34.3 Å². The van der Waals surface area contributed by atoms with E-state index in [1.165, 1.54) is 7.11 Å². The van der Waals surface area contributed by atoms with E-state index in [1.54, 1.807) is 24.0 Å². The highest BCUT2D eigenvalue weighted by molar-refractivity contribution is 5.99. The van der Waals surface area contributed by atoms with Gasteiger partial charge in [-0.3, -0.25) is 4.79 Å². The number of methoxy groups -OCH3 is 1. The number of pyridine rings is 2. The molecule has 3 aromatic rings. The number of primary amides is 1. The predicted octanol–water partition coefficient (Wildman–Crippen LogP) is 2.28. The summed E-state index contributed by atoms with van der Waals surface area (Å²) >= 11 is 0. The third-order valence-corrected chi connectivity index (χ3v) is 4.90. The number of halogens is 1. The zero-order valence-electron chi connectivity index (χ0n) is 17.9. The van der Waals surface area contributed by atoms with Gasteiger partial charge in [0.15, 0.2) is 17.3 Å². The van der Waals surface area contributed by atoms with E-state index in [1.807, 2.05) is 13.8 Å². The van der Waals surface area contributed by atoms with Crippen molar-refractivity contribution in [1.82, 2.24) is 19.7 Å². The van der Waals surface area contributed by atoms with Gasteiger partial charge in [-0.05, 0) is 25.5 Å². The summed E-state index contributed by atoms with van der Waals surface area (Å²) in [7, 11) is 3.26. The molecule has 0 aliphatic heterocycles. The number of carbonyl (C=O) groups is 1. The standard InChI is InChI=1S/C20H27FN8O2/c1-5-6-15(10(2)22)26-18-14(21)8-12(16(23)30)17(27-18)25-11-7-13-19(24-9-11)29(3)28-20(13)31-4/h7-10,15H,5-6,22H2,1-4H3,(H2,23,30)(H2,25,26,27)/t10-,15+/m0/s1. The van der Waals surface area contributed by atoms with Gasteiger partial charge in [-0.2, -0.15) is 0 Å². The lowest BCUT2D eigenvalue weighted by Gasteiger charge is -2.23. The minimum absolute atomic E-state index is 0.0174. The molecular formula is C20H27FN8O2. The summed E-state index contributed by atoms with van der Waals surface area (Å²) in [4.78, 5) is 20.6. The highest BCUT2D eigenvalue weighted by atomic mass is 19.1. The number of amides is 1. The van der Waals surface area contributed by atoms with Crippen molar-refractivity contribution < 1.29 is 13.9 Å². The smallest absolute Gasteiger partial charge is 0.252 e. The Morgan fingerprint density at radius 2 is 2.10 bits per heavy atom. The van der Waals surface area contributed by atoms with Gasteiger partial charge in [-0.1, -0.05) is 13.3 Å². The van der Waals surface area contributed by atoms with Gasteiger partial charge < -0.3 is 26.8 Å². The van der Waals surface area contributed by atoms with Crippen molar-refractivity contribution in [3.05, 3.63) is 29.7 Å². The zero-order valence-corrected chi connectivity index (χ0v) is 17.9. The summed E-state index contributed by atoms with van der Waals surface area (Å²) in [6, 6.07) is 2.40. The number of ether oxygens (including phenoxy) is 1. The van der Waals surface area contributed by atoms with Gasteiger partial charge in [0.25, 0.3) is 5.91 Å². The van der Waals surface area contributed by atoms with Crippen LogP contribution in [0.4, 0.5) is 21.7 Å².